The number of urea groups is 1. The molecule has 118 valence electrons. The first-order valence-electron chi connectivity index (χ1n) is 7.65. The Balaban J connectivity index is 1.71. The maximum absolute atomic E-state index is 12.1. The van der Waals surface area contributed by atoms with Crippen LogP contribution in [0, 0.1) is 0 Å². The van der Waals surface area contributed by atoms with E-state index >= 15 is 0 Å². The molecule has 21 heavy (non-hydrogen) atoms. The maximum Gasteiger partial charge on any atom is 0.318 e. The summed E-state index contributed by atoms with van der Waals surface area (Å²) in [4.78, 5) is 13.8. The molecule has 0 aromatic carbocycles. The summed E-state index contributed by atoms with van der Waals surface area (Å²) in [6, 6.07) is -0.350. The minimum atomic E-state index is -0.667. The third-order valence-corrected chi connectivity index (χ3v) is 4.95. The summed E-state index contributed by atoms with van der Waals surface area (Å²) < 4.78 is 24.3. The van der Waals surface area contributed by atoms with E-state index in [4.69, 9.17) is 18.9 Å². The van der Waals surface area contributed by atoms with E-state index in [2.05, 4.69) is 12.2 Å². The molecule has 2 amide bonds. The molecular formula is C14H22N2O5. The number of fused-ring (bicyclic) bond motifs is 4. The van der Waals surface area contributed by atoms with Crippen molar-refractivity contribution in [1.29, 1.82) is 0 Å². The number of carbonyl (C=O) groups excluding carboxylic acids is 1. The molecule has 5 atom stereocenters. The van der Waals surface area contributed by atoms with Gasteiger partial charge in [-0.2, -0.15) is 0 Å². The number of nitrogens with one attached hydrogen (secondary N) is 1. The van der Waals surface area contributed by atoms with Crippen molar-refractivity contribution in [2.75, 3.05) is 19.7 Å². The average Bonchev–Trinajstić information content (AvgIpc) is 3.09. The van der Waals surface area contributed by atoms with Gasteiger partial charge in [-0.1, -0.05) is 6.92 Å². The predicted octanol–water partition coefficient (Wildman–Crippen LogP) is 0.436. The molecule has 7 nitrogen and oxygen atoms in total. The molecule has 2 bridgehead atoms. The van der Waals surface area contributed by atoms with E-state index in [1.807, 2.05) is 13.8 Å². The first-order chi connectivity index (χ1) is 9.96. The fraction of sp³-hybridized carbons (Fsp3) is 0.929. The van der Waals surface area contributed by atoms with Crippen LogP contribution in [0.25, 0.3) is 0 Å². The summed E-state index contributed by atoms with van der Waals surface area (Å²) in [6.45, 7) is 7.65. The zero-order valence-electron chi connectivity index (χ0n) is 12.6. The molecular weight excluding hydrogens is 276 g/mol. The Kier molecular flexibility index (Phi) is 2.83. The molecule has 0 aromatic rings. The molecule has 0 saturated carbocycles. The summed E-state index contributed by atoms with van der Waals surface area (Å²) in [6.07, 6.45) is -0.0736. The molecule has 1 N–H and O–H groups in total. The van der Waals surface area contributed by atoms with Gasteiger partial charge in [-0.05, 0) is 20.3 Å². The maximum atomic E-state index is 12.1. The van der Waals surface area contributed by atoms with Crippen LogP contribution in [0.1, 0.15) is 27.2 Å². The van der Waals surface area contributed by atoms with Crippen molar-refractivity contribution in [3.8, 4) is 0 Å². The molecule has 0 aromatic heterocycles. The Morgan fingerprint density at radius 1 is 1.33 bits per heavy atom. The summed E-state index contributed by atoms with van der Waals surface area (Å²) in [5, 5.41) is 2.83. The van der Waals surface area contributed by atoms with Gasteiger partial charge in [0.05, 0.1) is 6.61 Å². The highest BCUT2D eigenvalue weighted by Gasteiger charge is 2.66. The van der Waals surface area contributed by atoms with Crippen LogP contribution in [-0.2, 0) is 18.9 Å². The van der Waals surface area contributed by atoms with Gasteiger partial charge >= 0.3 is 6.03 Å². The van der Waals surface area contributed by atoms with E-state index in [1.54, 1.807) is 4.90 Å². The topological polar surface area (TPSA) is 69.3 Å². The van der Waals surface area contributed by atoms with Crippen molar-refractivity contribution in [1.82, 2.24) is 10.2 Å². The van der Waals surface area contributed by atoms with E-state index in [-0.39, 0.29) is 24.3 Å². The largest absolute Gasteiger partial charge is 0.347 e. The summed E-state index contributed by atoms with van der Waals surface area (Å²) in [7, 11) is 0. The van der Waals surface area contributed by atoms with E-state index < -0.39 is 17.7 Å². The number of ether oxygens (including phenoxy) is 4. The number of carbonyl (C=O) groups is 1. The summed E-state index contributed by atoms with van der Waals surface area (Å²) >= 11 is 0. The van der Waals surface area contributed by atoms with Crippen LogP contribution in [0.5, 0.6) is 0 Å². The van der Waals surface area contributed by atoms with Crippen molar-refractivity contribution in [2.45, 2.75) is 63.1 Å². The lowest BCUT2D eigenvalue weighted by molar-refractivity contribution is -0.209. The Morgan fingerprint density at radius 2 is 2.14 bits per heavy atom. The molecule has 1 unspecified atom stereocenters. The molecule has 4 aliphatic rings. The van der Waals surface area contributed by atoms with Gasteiger partial charge in [0.2, 0.25) is 0 Å². The molecule has 0 aliphatic carbocycles. The van der Waals surface area contributed by atoms with Crippen molar-refractivity contribution in [3.63, 3.8) is 0 Å². The first kappa shape index (κ1) is 13.8. The zero-order chi connectivity index (χ0) is 14.8. The van der Waals surface area contributed by atoms with E-state index in [0.29, 0.717) is 19.7 Å². The third-order valence-electron chi connectivity index (χ3n) is 4.95. The standard InChI is InChI=1S/C14H22N2O5/c1-4-14-7-18-11(21-14)8(16-6-5-15-12(16)17)9-10(14)20-13(2,3)19-9/h8-11H,4-7H2,1-3H3,(H,15,17)/t8-,9-,10-,11?,14+/m1/s1. The first-order valence-corrected chi connectivity index (χ1v) is 7.65. The zero-order valence-corrected chi connectivity index (χ0v) is 12.6. The minimum Gasteiger partial charge on any atom is -0.347 e. The Morgan fingerprint density at radius 3 is 2.81 bits per heavy atom. The molecule has 0 radical (unpaired) electrons. The highest BCUT2D eigenvalue weighted by Crippen LogP contribution is 2.48. The molecule has 4 heterocycles. The molecule has 4 aliphatic heterocycles. The van der Waals surface area contributed by atoms with Crippen LogP contribution in [-0.4, -0.2) is 66.6 Å². The van der Waals surface area contributed by atoms with Gasteiger partial charge in [0, 0.05) is 13.1 Å². The summed E-state index contributed by atoms with van der Waals surface area (Å²) in [5.41, 5.74) is -0.462. The second kappa shape index (κ2) is 4.32. The quantitative estimate of drug-likeness (QED) is 0.801. The van der Waals surface area contributed by atoms with Gasteiger partial charge in [0.15, 0.2) is 12.1 Å². The molecule has 4 fully saturated rings. The average molecular weight is 298 g/mol. The lowest BCUT2D eigenvalue weighted by atomic mass is 9.85. The highest BCUT2D eigenvalue weighted by atomic mass is 16.8. The molecule has 0 spiro atoms. The lowest BCUT2D eigenvalue weighted by Crippen LogP contribution is -2.64. The third kappa shape index (κ3) is 1.84. The van der Waals surface area contributed by atoms with E-state index in [0.717, 1.165) is 6.42 Å². The van der Waals surface area contributed by atoms with Crippen LogP contribution in [0.3, 0.4) is 0 Å². The van der Waals surface area contributed by atoms with Gasteiger partial charge < -0.3 is 29.2 Å². The molecule has 4 saturated heterocycles. The minimum absolute atomic E-state index is 0.0878. The van der Waals surface area contributed by atoms with Crippen molar-refractivity contribution in [3.05, 3.63) is 0 Å². The smallest absolute Gasteiger partial charge is 0.318 e. The Labute approximate surface area is 123 Å². The van der Waals surface area contributed by atoms with Gasteiger partial charge in [0.1, 0.15) is 23.9 Å². The fourth-order valence-electron chi connectivity index (χ4n) is 3.92. The van der Waals surface area contributed by atoms with Crippen LogP contribution in [0.2, 0.25) is 0 Å². The van der Waals surface area contributed by atoms with Crippen molar-refractivity contribution < 1.29 is 23.7 Å². The number of hydrogen-bond acceptors (Lipinski definition) is 5. The van der Waals surface area contributed by atoms with Gasteiger partial charge in [-0.3, -0.25) is 0 Å². The number of hydrogen-bond donors (Lipinski definition) is 1. The second-order valence-electron chi connectivity index (χ2n) is 6.65. The monoisotopic (exact) mass is 298 g/mol. The van der Waals surface area contributed by atoms with Gasteiger partial charge in [-0.25, -0.2) is 4.79 Å². The fourth-order valence-corrected chi connectivity index (χ4v) is 3.92. The van der Waals surface area contributed by atoms with Gasteiger partial charge in [-0.15, -0.1) is 0 Å². The van der Waals surface area contributed by atoms with Crippen molar-refractivity contribution in [2.24, 2.45) is 0 Å². The number of rotatable bonds is 2. The number of nitrogens with zero attached hydrogens (tertiary/aromatic N) is 1. The van der Waals surface area contributed by atoms with Crippen LogP contribution in [0.4, 0.5) is 4.79 Å². The predicted molar refractivity (Wildman–Crippen MR) is 71.6 cm³/mol. The summed E-state index contributed by atoms with van der Waals surface area (Å²) in [5.74, 6) is -0.667. The normalized spacial score (nSPS) is 47.6. The highest BCUT2D eigenvalue weighted by molar-refractivity contribution is 5.76. The van der Waals surface area contributed by atoms with Crippen molar-refractivity contribution >= 4 is 6.03 Å². The Hall–Kier alpha value is -0.890. The number of amides is 2. The molecule has 4 rings (SSSR count). The second-order valence-corrected chi connectivity index (χ2v) is 6.65. The molecule has 7 heteroatoms. The van der Waals surface area contributed by atoms with Crippen LogP contribution >= 0.6 is 0 Å². The van der Waals surface area contributed by atoms with E-state index in [1.165, 1.54) is 0 Å². The SMILES string of the molecule is CC[C@@]12COC(O1)[C@H](N1CCNC1=O)[C@H]1OC(C)(C)O[C@H]12. The lowest BCUT2D eigenvalue weighted by Gasteiger charge is -2.44. The van der Waals surface area contributed by atoms with E-state index in [9.17, 15) is 4.79 Å². The van der Waals surface area contributed by atoms with Crippen LogP contribution in [0.15, 0.2) is 0 Å². The Bertz CT molecular complexity index is 470. The van der Waals surface area contributed by atoms with Crippen LogP contribution < -0.4 is 5.32 Å². The van der Waals surface area contributed by atoms with Gasteiger partial charge in [0.25, 0.3) is 0 Å².